The Morgan fingerprint density at radius 1 is 1.37 bits per heavy atom. The number of hydrogen-bond donors (Lipinski definition) is 1. The van der Waals surface area contributed by atoms with Gasteiger partial charge in [-0.15, -0.1) is 11.8 Å². The van der Waals surface area contributed by atoms with Crippen molar-refractivity contribution < 1.29 is 18.0 Å². The molecule has 0 aliphatic rings. The first-order chi connectivity index (χ1) is 8.53. The second-order valence-corrected chi connectivity index (χ2v) is 8.76. The summed E-state index contributed by atoms with van der Waals surface area (Å²) >= 11 is 1.29. The molecule has 0 radical (unpaired) electrons. The van der Waals surface area contributed by atoms with Gasteiger partial charge in [0.25, 0.3) is 0 Å². The van der Waals surface area contributed by atoms with Gasteiger partial charge in [-0.05, 0) is 5.41 Å². The van der Waals surface area contributed by atoms with Crippen molar-refractivity contribution in [3.8, 4) is 0 Å². The number of thioether (sulfide) groups is 1. The molecule has 0 aromatic carbocycles. The second kappa shape index (κ2) is 7.74. The summed E-state index contributed by atoms with van der Waals surface area (Å²) in [5, 5.41) is 6.67. The van der Waals surface area contributed by atoms with Crippen LogP contribution >= 0.6 is 11.8 Å². The molecule has 1 amide bonds. The van der Waals surface area contributed by atoms with Gasteiger partial charge < -0.3 is 5.32 Å². The van der Waals surface area contributed by atoms with Crippen LogP contribution in [0.2, 0.25) is 0 Å². The molecule has 0 aliphatic carbocycles. The normalized spacial score (nSPS) is 13.2. The molecular formula is C11H22N2O4S2. The smallest absolute Gasteiger partial charge is 0.323 e. The fraction of sp³-hybridized carbons (Fsp3) is 0.818. The average Bonchev–Trinajstić information content (AvgIpc) is 2.21. The van der Waals surface area contributed by atoms with Crippen molar-refractivity contribution in [1.29, 1.82) is 0 Å². The molecule has 0 aliphatic heterocycles. The third-order valence-electron chi connectivity index (χ3n) is 1.84. The molecule has 8 heteroatoms. The van der Waals surface area contributed by atoms with Crippen LogP contribution in [0.15, 0.2) is 5.16 Å². The monoisotopic (exact) mass is 310 g/mol. The van der Waals surface area contributed by atoms with Gasteiger partial charge in [0.15, 0.2) is 0 Å². The van der Waals surface area contributed by atoms with Crippen LogP contribution in [0.1, 0.15) is 27.2 Å². The quantitative estimate of drug-likeness (QED) is 0.363. The molecule has 0 atom stereocenters. The molecular weight excluding hydrogens is 288 g/mol. The van der Waals surface area contributed by atoms with Crippen molar-refractivity contribution in [2.75, 3.05) is 24.8 Å². The Morgan fingerprint density at radius 2 is 1.95 bits per heavy atom. The summed E-state index contributed by atoms with van der Waals surface area (Å²) in [4.78, 5) is 15.6. The summed E-state index contributed by atoms with van der Waals surface area (Å²) in [6.07, 6.45) is 1.16. The van der Waals surface area contributed by atoms with E-state index >= 15 is 0 Å². The topological polar surface area (TPSA) is 84.8 Å². The summed E-state index contributed by atoms with van der Waals surface area (Å²) in [7, 11) is -1.55. The Kier molecular flexibility index (Phi) is 7.43. The van der Waals surface area contributed by atoms with E-state index in [1.165, 1.54) is 25.1 Å². The summed E-state index contributed by atoms with van der Waals surface area (Å²) < 4.78 is 22.1. The first kappa shape index (κ1) is 18.2. The molecule has 0 rings (SSSR count). The minimum Gasteiger partial charge on any atom is -0.323 e. The largest absolute Gasteiger partial charge is 0.433 e. The van der Waals surface area contributed by atoms with Crippen molar-refractivity contribution in [3.05, 3.63) is 0 Å². The lowest BCUT2D eigenvalue weighted by atomic mass is 9.93. The number of rotatable bonds is 5. The van der Waals surface area contributed by atoms with Crippen molar-refractivity contribution in [3.63, 3.8) is 0 Å². The first-order valence-electron chi connectivity index (χ1n) is 5.79. The number of oxime groups is 1. The number of carbonyl (C=O) groups excluding carboxylic acids is 1. The zero-order chi connectivity index (χ0) is 15.1. The maximum atomic E-state index is 11.1. The Balaban J connectivity index is 4.54. The molecule has 0 bridgehead atoms. The minimum atomic E-state index is -3.00. The second-order valence-electron chi connectivity index (χ2n) is 5.33. The fourth-order valence-corrected chi connectivity index (χ4v) is 3.42. The number of nitrogens with zero attached hydrogens (tertiary/aromatic N) is 1. The zero-order valence-corrected chi connectivity index (χ0v) is 13.7. The van der Waals surface area contributed by atoms with Crippen LogP contribution < -0.4 is 5.32 Å². The fourth-order valence-electron chi connectivity index (χ4n) is 1.01. The van der Waals surface area contributed by atoms with Crippen molar-refractivity contribution in [2.24, 2.45) is 10.6 Å². The first-order valence-corrected chi connectivity index (χ1v) is 8.84. The van der Waals surface area contributed by atoms with Gasteiger partial charge in [0.2, 0.25) is 0 Å². The highest BCUT2D eigenvalue weighted by Gasteiger charge is 2.17. The number of amides is 1. The molecule has 0 unspecified atom stereocenters. The van der Waals surface area contributed by atoms with Gasteiger partial charge >= 0.3 is 6.09 Å². The minimum absolute atomic E-state index is 0.0248. The lowest BCUT2D eigenvalue weighted by Crippen LogP contribution is -2.19. The lowest BCUT2D eigenvalue weighted by molar-refractivity contribution is 0.153. The summed E-state index contributed by atoms with van der Waals surface area (Å²) in [5.74, 6) is 0.464. The molecule has 0 aromatic rings. The van der Waals surface area contributed by atoms with E-state index in [2.05, 4.69) is 15.3 Å². The SMILES string of the molecule is CNC(=O)ON=C(CC(C)(C)C)SCCS(C)(=O)=O. The third-order valence-corrected chi connectivity index (χ3v) is 4.00. The van der Waals surface area contributed by atoms with E-state index < -0.39 is 15.9 Å². The van der Waals surface area contributed by atoms with Gasteiger partial charge in [-0.3, -0.25) is 4.84 Å². The van der Waals surface area contributed by atoms with E-state index in [1.54, 1.807) is 0 Å². The number of carbonyl (C=O) groups is 1. The molecule has 0 spiro atoms. The maximum absolute atomic E-state index is 11.1. The van der Waals surface area contributed by atoms with E-state index in [0.29, 0.717) is 17.2 Å². The Bertz CT molecular complexity index is 424. The lowest BCUT2D eigenvalue weighted by Gasteiger charge is -2.18. The van der Waals surface area contributed by atoms with E-state index in [4.69, 9.17) is 0 Å². The summed E-state index contributed by atoms with van der Waals surface area (Å²) in [6, 6.07) is 0. The standard InChI is InChI=1S/C11H22N2O4S2/c1-11(2,3)8-9(13-17-10(14)12-4)18-6-7-19(5,15)16/h6-8H2,1-5H3,(H,12,14). The van der Waals surface area contributed by atoms with Crippen LogP contribution in [0.25, 0.3) is 0 Å². The number of hydrogen-bond acceptors (Lipinski definition) is 6. The van der Waals surface area contributed by atoms with E-state index in [9.17, 15) is 13.2 Å². The van der Waals surface area contributed by atoms with Crippen molar-refractivity contribution in [2.45, 2.75) is 27.2 Å². The van der Waals surface area contributed by atoms with Crippen LogP contribution in [0.3, 0.4) is 0 Å². The molecule has 1 N–H and O–H groups in total. The van der Waals surface area contributed by atoms with Gasteiger partial charge in [0.05, 0.1) is 5.75 Å². The van der Waals surface area contributed by atoms with Gasteiger partial charge in [-0.25, -0.2) is 13.2 Å². The highest BCUT2D eigenvalue weighted by atomic mass is 32.2. The third kappa shape index (κ3) is 12.0. The summed E-state index contributed by atoms with van der Waals surface area (Å²) in [6.45, 7) is 6.08. The Labute approximate surface area is 119 Å². The van der Waals surface area contributed by atoms with Gasteiger partial charge in [0, 0.05) is 25.5 Å². The van der Waals surface area contributed by atoms with Crippen molar-refractivity contribution >= 4 is 32.7 Å². The van der Waals surface area contributed by atoms with Crippen LogP contribution in [0.5, 0.6) is 0 Å². The van der Waals surface area contributed by atoms with Crippen LogP contribution in [0, 0.1) is 5.41 Å². The zero-order valence-electron chi connectivity index (χ0n) is 12.0. The maximum Gasteiger partial charge on any atom is 0.433 e. The number of nitrogens with one attached hydrogen (secondary N) is 1. The predicted octanol–water partition coefficient (Wildman–Crippen LogP) is 1.87. The molecule has 0 saturated heterocycles. The van der Waals surface area contributed by atoms with Crippen LogP contribution in [-0.4, -0.2) is 44.4 Å². The molecule has 0 fully saturated rings. The molecule has 0 heterocycles. The van der Waals surface area contributed by atoms with Gasteiger partial charge in [-0.2, -0.15) is 0 Å². The Morgan fingerprint density at radius 3 is 2.37 bits per heavy atom. The molecule has 112 valence electrons. The van der Waals surface area contributed by atoms with Crippen LogP contribution in [-0.2, 0) is 14.7 Å². The Hall–Kier alpha value is -0.760. The summed E-state index contributed by atoms with van der Waals surface area (Å²) in [5.41, 5.74) is -0.0248. The predicted molar refractivity (Wildman–Crippen MR) is 79.2 cm³/mol. The van der Waals surface area contributed by atoms with Crippen LogP contribution in [0.4, 0.5) is 4.79 Å². The van der Waals surface area contributed by atoms with Crippen molar-refractivity contribution in [1.82, 2.24) is 5.32 Å². The molecule has 0 saturated carbocycles. The average molecular weight is 310 g/mol. The number of sulfone groups is 1. The van der Waals surface area contributed by atoms with Gasteiger partial charge in [-0.1, -0.05) is 25.9 Å². The van der Waals surface area contributed by atoms with E-state index in [-0.39, 0.29) is 11.2 Å². The molecule has 19 heavy (non-hydrogen) atoms. The molecule has 0 aromatic heterocycles. The van der Waals surface area contributed by atoms with E-state index in [0.717, 1.165) is 0 Å². The van der Waals surface area contributed by atoms with E-state index in [1.807, 2.05) is 20.8 Å². The molecule has 6 nitrogen and oxygen atoms in total. The highest BCUT2D eigenvalue weighted by Crippen LogP contribution is 2.24. The highest BCUT2D eigenvalue weighted by molar-refractivity contribution is 8.14. The van der Waals surface area contributed by atoms with Gasteiger partial charge in [0.1, 0.15) is 14.9 Å².